The maximum Gasteiger partial charge on any atom is 0.329 e. The zero-order chi connectivity index (χ0) is 45.3. The largest absolute Gasteiger partial charge is 0.460 e. The average Bonchev–Trinajstić information content (AvgIpc) is 3.25. The van der Waals surface area contributed by atoms with E-state index in [1.54, 1.807) is 27.0 Å². The van der Waals surface area contributed by atoms with Gasteiger partial charge < -0.3 is 34.4 Å². The number of ketones is 3. The van der Waals surface area contributed by atoms with Crippen LogP contribution in [0.2, 0.25) is 0 Å². The molecule has 3 N–H and O–H groups in total. The maximum atomic E-state index is 14.1. The summed E-state index contributed by atoms with van der Waals surface area (Å²) in [5, 5.41) is 32.6. The van der Waals surface area contributed by atoms with E-state index in [9.17, 15) is 39.3 Å². The lowest BCUT2D eigenvalue weighted by atomic mass is 9.78. The highest BCUT2D eigenvalue weighted by atomic mass is 16.6. The summed E-state index contributed by atoms with van der Waals surface area (Å²) >= 11 is 0. The molecule has 2 aliphatic heterocycles. The second-order valence-electron chi connectivity index (χ2n) is 17.8. The Kier molecular flexibility index (Phi) is 21.7. The number of aliphatic hydroxyl groups excluding tert-OH is 2. The Hall–Kier alpha value is -3.55. The van der Waals surface area contributed by atoms with Gasteiger partial charge in [0.25, 0.3) is 11.7 Å². The molecule has 2 unspecified atom stereocenters. The fraction of sp³-hybridized carbons (Fsp3) is 0.694. The van der Waals surface area contributed by atoms with Gasteiger partial charge in [-0.3, -0.25) is 19.2 Å². The fourth-order valence-corrected chi connectivity index (χ4v) is 8.53. The van der Waals surface area contributed by atoms with Gasteiger partial charge in [0.15, 0.2) is 0 Å². The van der Waals surface area contributed by atoms with Gasteiger partial charge in [0.1, 0.15) is 23.7 Å². The molecule has 342 valence electrons. The molecule has 61 heavy (non-hydrogen) atoms. The molecule has 1 aliphatic carbocycles. The van der Waals surface area contributed by atoms with E-state index in [0.29, 0.717) is 56.9 Å². The van der Waals surface area contributed by atoms with Gasteiger partial charge in [-0.1, -0.05) is 75.8 Å². The minimum Gasteiger partial charge on any atom is -0.460 e. The molecule has 3 aliphatic rings. The molecule has 11 atom stereocenters. The van der Waals surface area contributed by atoms with E-state index in [1.165, 1.54) is 16.5 Å². The third-order valence-corrected chi connectivity index (χ3v) is 13.1. The highest BCUT2D eigenvalue weighted by Gasteiger charge is 2.51. The molecule has 12 heteroatoms. The van der Waals surface area contributed by atoms with Crippen molar-refractivity contribution in [1.82, 2.24) is 4.90 Å². The van der Waals surface area contributed by atoms with Gasteiger partial charge >= 0.3 is 5.97 Å². The summed E-state index contributed by atoms with van der Waals surface area (Å²) in [5.74, 6) is -7.42. The normalized spacial score (nSPS) is 27.9. The van der Waals surface area contributed by atoms with Crippen molar-refractivity contribution >= 4 is 29.2 Å². The molecule has 0 aromatic heterocycles. The molecule has 0 spiro atoms. The topological polar surface area (TPSA) is 177 Å². The first kappa shape index (κ1) is 51.8. The number of likely N-dealkylation sites (tertiary alicyclic amines) is 1. The minimum absolute atomic E-state index is 0.0780. The van der Waals surface area contributed by atoms with Crippen molar-refractivity contribution in [2.75, 3.05) is 20.3 Å². The van der Waals surface area contributed by atoms with Gasteiger partial charge in [0, 0.05) is 38.3 Å². The van der Waals surface area contributed by atoms with Crippen molar-refractivity contribution in [1.29, 1.82) is 0 Å². The Morgan fingerprint density at radius 1 is 0.984 bits per heavy atom. The van der Waals surface area contributed by atoms with Crippen LogP contribution in [0.4, 0.5) is 0 Å². The van der Waals surface area contributed by atoms with Crippen molar-refractivity contribution in [2.24, 2.45) is 29.6 Å². The maximum absolute atomic E-state index is 14.1. The van der Waals surface area contributed by atoms with Crippen LogP contribution in [-0.2, 0) is 38.2 Å². The molecule has 3 rings (SSSR count). The lowest BCUT2D eigenvalue weighted by Crippen LogP contribution is -2.59. The fourth-order valence-electron chi connectivity index (χ4n) is 8.53. The summed E-state index contributed by atoms with van der Waals surface area (Å²) in [4.78, 5) is 69.6. The van der Waals surface area contributed by atoms with Gasteiger partial charge in [-0.2, -0.15) is 0 Å². The highest BCUT2D eigenvalue weighted by Crippen LogP contribution is 2.35. The zero-order valence-electron chi connectivity index (χ0n) is 37.9. The number of methoxy groups -OCH3 is 1. The molecular formula is C49H75NO11. The summed E-state index contributed by atoms with van der Waals surface area (Å²) in [6.45, 7) is 15.4. The van der Waals surface area contributed by atoms with Crippen molar-refractivity contribution in [3.05, 3.63) is 60.3 Å². The first-order valence-electron chi connectivity index (χ1n) is 22.6. The predicted octanol–water partition coefficient (Wildman–Crippen LogP) is 7.10. The number of aliphatic hydroxyl groups is 3. The Balaban J connectivity index is 1.74. The summed E-state index contributed by atoms with van der Waals surface area (Å²) in [5.41, 5.74) is 1.74. The number of allylic oxidation sites excluding steroid dienone is 8. The van der Waals surface area contributed by atoms with Crippen LogP contribution < -0.4 is 0 Å². The SMILES string of the molecule is C=C[C@H](/C=C(\C)[C@@H](O)CC(=O)[C@H](C)CC/C=C/C=C/C=C(\C)CC)C(=O)CC(OC(=O)[C@@H]1CCCCN1C(=O)C(=O)[C@]1(O)OCCC[C@H]1C)[C@H](C)C[C@@H]1CC[C@@H](O)C(OC)C1. The van der Waals surface area contributed by atoms with Crippen LogP contribution in [0.15, 0.2) is 60.3 Å². The number of rotatable bonds is 23. The molecule has 2 saturated heterocycles. The Bertz CT molecular complexity index is 1610. The molecule has 0 bridgehead atoms. The van der Waals surface area contributed by atoms with Gasteiger partial charge in [-0.15, -0.1) is 6.58 Å². The molecule has 0 aromatic rings. The van der Waals surface area contributed by atoms with Crippen LogP contribution in [-0.4, -0.2) is 106 Å². The molecule has 0 aromatic carbocycles. The summed E-state index contributed by atoms with van der Waals surface area (Å²) < 4.78 is 17.2. The van der Waals surface area contributed by atoms with Crippen molar-refractivity contribution in [3.63, 3.8) is 0 Å². The number of carbonyl (C=O) groups is 5. The van der Waals surface area contributed by atoms with E-state index in [1.807, 2.05) is 38.2 Å². The van der Waals surface area contributed by atoms with Gasteiger partial charge in [-0.25, -0.2) is 4.79 Å². The minimum atomic E-state index is -2.27. The molecular weight excluding hydrogens is 779 g/mol. The van der Waals surface area contributed by atoms with Crippen LogP contribution in [0.3, 0.4) is 0 Å². The van der Waals surface area contributed by atoms with E-state index in [-0.39, 0.29) is 67.8 Å². The van der Waals surface area contributed by atoms with E-state index in [4.69, 9.17) is 14.2 Å². The zero-order valence-corrected chi connectivity index (χ0v) is 37.9. The van der Waals surface area contributed by atoms with Crippen LogP contribution in [0.25, 0.3) is 0 Å². The molecule has 3 fully saturated rings. The number of nitrogens with zero attached hydrogens (tertiary/aromatic N) is 1. The first-order valence-corrected chi connectivity index (χ1v) is 22.6. The molecule has 2 heterocycles. The van der Waals surface area contributed by atoms with Gasteiger partial charge in [-0.05, 0) is 108 Å². The van der Waals surface area contributed by atoms with Gasteiger partial charge in [0.2, 0.25) is 5.79 Å². The Morgan fingerprint density at radius 2 is 1.72 bits per heavy atom. The first-order chi connectivity index (χ1) is 29.0. The number of carbonyl (C=O) groups excluding carboxylic acids is 5. The summed E-state index contributed by atoms with van der Waals surface area (Å²) in [6.07, 6.45) is 17.2. The second kappa shape index (κ2) is 25.5. The van der Waals surface area contributed by atoms with Crippen molar-refractivity contribution in [2.45, 2.75) is 168 Å². The molecule has 0 radical (unpaired) electrons. The van der Waals surface area contributed by atoms with Crippen molar-refractivity contribution < 1.29 is 53.5 Å². The number of piperidine rings is 1. The van der Waals surface area contributed by atoms with E-state index in [0.717, 1.165) is 19.3 Å². The van der Waals surface area contributed by atoms with E-state index in [2.05, 4.69) is 26.5 Å². The molecule has 12 nitrogen and oxygen atoms in total. The van der Waals surface area contributed by atoms with Crippen molar-refractivity contribution in [3.8, 4) is 0 Å². The number of ether oxygens (including phenoxy) is 3. The predicted molar refractivity (Wildman–Crippen MR) is 235 cm³/mol. The Morgan fingerprint density at radius 3 is 2.39 bits per heavy atom. The third kappa shape index (κ3) is 15.3. The second-order valence-corrected chi connectivity index (χ2v) is 17.8. The van der Waals surface area contributed by atoms with Crippen LogP contribution in [0, 0.1) is 29.6 Å². The number of amides is 1. The number of hydrogen-bond donors (Lipinski definition) is 3. The van der Waals surface area contributed by atoms with Gasteiger partial charge in [0.05, 0.1) is 30.8 Å². The molecule has 1 saturated carbocycles. The number of esters is 1. The quantitative estimate of drug-likeness (QED) is 0.0414. The lowest BCUT2D eigenvalue weighted by molar-refractivity contribution is -0.241. The Labute approximate surface area is 364 Å². The highest BCUT2D eigenvalue weighted by molar-refractivity contribution is 6.39. The van der Waals surface area contributed by atoms with E-state index < -0.39 is 59.6 Å². The van der Waals surface area contributed by atoms with E-state index >= 15 is 0 Å². The smallest absolute Gasteiger partial charge is 0.329 e. The summed E-state index contributed by atoms with van der Waals surface area (Å²) in [6, 6.07) is -1.10. The number of Topliss-reactive ketones (excluding diaryl/α,β-unsaturated/α-hetero) is 3. The average molecular weight is 854 g/mol. The standard InChI is InChI=1S/C49H75NO11/c1-9-32(3)19-14-12-11-13-15-20-33(4)41(52)30-42(53)34(5)28-38(10-2)43(54)31-44(35(6)27-37-23-24-40(51)45(29-37)59-8)61-48(57)39-22-16-17-25-50(39)47(56)46(55)49(58)36(7)21-18-26-60-49/h10-14,19,28,33,35-40,42,44-45,51,53,58H,2,9,15-18,20-27,29-31H2,1,3-8H3/b13-11+,14-12+,32-19+,34-28+/t33-,35-,36-,37+,38-,39+,40-,42+,44?,45?,49-/m1/s1. The van der Waals surface area contributed by atoms with Crippen LogP contribution >= 0.6 is 0 Å². The third-order valence-electron chi connectivity index (χ3n) is 13.1. The molecule has 1 amide bonds. The number of hydrogen-bond acceptors (Lipinski definition) is 11. The summed E-state index contributed by atoms with van der Waals surface area (Å²) in [7, 11) is 1.56. The van der Waals surface area contributed by atoms with Crippen LogP contribution in [0.5, 0.6) is 0 Å². The van der Waals surface area contributed by atoms with Crippen LogP contribution in [0.1, 0.15) is 131 Å². The monoisotopic (exact) mass is 854 g/mol. The lowest BCUT2D eigenvalue weighted by Gasteiger charge is -2.40.